The van der Waals surface area contributed by atoms with Crippen molar-refractivity contribution >= 4 is 0 Å². The van der Waals surface area contributed by atoms with Crippen LogP contribution in [0.4, 0.5) is 0 Å². The molecule has 0 radical (unpaired) electrons. The van der Waals surface area contributed by atoms with Crippen molar-refractivity contribution in [1.82, 2.24) is 25.3 Å². The molecule has 5 atom stereocenters. The highest BCUT2D eigenvalue weighted by molar-refractivity contribution is 4.97. The molecule has 5 unspecified atom stereocenters. The zero-order valence-electron chi connectivity index (χ0n) is 17.4. The van der Waals surface area contributed by atoms with E-state index in [1.165, 1.54) is 12.8 Å². The average molecular weight is 385 g/mol. The normalized spacial score (nSPS) is 36.2. The lowest BCUT2D eigenvalue weighted by Crippen LogP contribution is -2.68. The molecule has 4 N–H and O–H groups in total. The van der Waals surface area contributed by atoms with E-state index in [1.54, 1.807) is 0 Å². The molecule has 0 bridgehead atoms. The van der Waals surface area contributed by atoms with Crippen LogP contribution >= 0.6 is 0 Å². The van der Waals surface area contributed by atoms with Crippen LogP contribution in [-0.2, 0) is 9.47 Å². The van der Waals surface area contributed by atoms with Crippen molar-refractivity contribution in [3.8, 4) is 0 Å². The summed E-state index contributed by atoms with van der Waals surface area (Å²) in [5, 5.41) is 7.18. The number of hydrogen-bond donors (Lipinski definition) is 3. The van der Waals surface area contributed by atoms with E-state index in [2.05, 4.69) is 46.4 Å². The minimum atomic E-state index is 0.0190. The Kier molecular flexibility index (Phi) is 8.28. The van der Waals surface area contributed by atoms with Gasteiger partial charge in [-0.2, -0.15) is 0 Å². The van der Waals surface area contributed by atoms with Gasteiger partial charge in [-0.05, 0) is 46.6 Å². The minimum absolute atomic E-state index is 0.0190. The third-order valence-corrected chi connectivity index (χ3v) is 6.12. The van der Waals surface area contributed by atoms with Crippen LogP contribution in [0.1, 0.15) is 26.2 Å². The molecule has 3 saturated heterocycles. The Balaban J connectivity index is 1.35. The third kappa shape index (κ3) is 5.83. The van der Waals surface area contributed by atoms with E-state index in [-0.39, 0.29) is 24.8 Å². The molecule has 0 aromatic rings. The zero-order chi connectivity index (χ0) is 19.2. The van der Waals surface area contributed by atoms with Gasteiger partial charge < -0.3 is 15.2 Å². The lowest BCUT2D eigenvalue weighted by Gasteiger charge is -2.47. The van der Waals surface area contributed by atoms with Gasteiger partial charge in [-0.25, -0.2) is 0 Å². The molecule has 8 heteroatoms. The quantitative estimate of drug-likeness (QED) is 0.343. The summed E-state index contributed by atoms with van der Waals surface area (Å²) >= 11 is 0. The molecule has 0 aromatic heterocycles. The zero-order valence-corrected chi connectivity index (χ0v) is 17.4. The Morgan fingerprint density at radius 3 is 2.56 bits per heavy atom. The van der Waals surface area contributed by atoms with Gasteiger partial charge in [0.05, 0.1) is 19.4 Å². The molecular weight excluding hydrogens is 344 g/mol. The van der Waals surface area contributed by atoms with Gasteiger partial charge in [-0.1, -0.05) is 13.3 Å². The van der Waals surface area contributed by atoms with Crippen molar-refractivity contribution in [1.29, 1.82) is 0 Å². The first-order valence-electron chi connectivity index (χ1n) is 10.7. The van der Waals surface area contributed by atoms with Crippen molar-refractivity contribution in [2.45, 2.75) is 51.0 Å². The summed E-state index contributed by atoms with van der Waals surface area (Å²) in [6.07, 6.45) is 4.16. The number of nitrogens with zero attached hydrogens (tertiary/aromatic N) is 3. The Morgan fingerprint density at radius 2 is 1.81 bits per heavy atom. The fourth-order valence-corrected chi connectivity index (χ4v) is 4.31. The largest absolute Gasteiger partial charge is 0.379 e. The number of epoxide rings is 1. The summed E-state index contributed by atoms with van der Waals surface area (Å²) in [7, 11) is 4.29. The van der Waals surface area contributed by atoms with E-state index in [9.17, 15) is 0 Å². The summed E-state index contributed by atoms with van der Waals surface area (Å²) in [4.78, 5) is 7.09. The highest BCUT2D eigenvalue weighted by Crippen LogP contribution is 2.33. The number of unbranched alkanes of at least 4 members (excludes halogenated alkanes) is 1. The molecule has 0 spiro atoms. The topological polar surface area (TPSA) is 81.6 Å². The van der Waals surface area contributed by atoms with Crippen LogP contribution in [0.2, 0.25) is 0 Å². The van der Waals surface area contributed by atoms with Crippen molar-refractivity contribution in [3.05, 3.63) is 0 Å². The smallest absolute Gasteiger partial charge is 0.135 e. The summed E-state index contributed by atoms with van der Waals surface area (Å²) in [5.74, 6) is 0.334. The van der Waals surface area contributed by atoms with E-state index in [4.69, 9.17) is 15.2 Å². The summed E-state index contributed by atoms with van der Waals surface area (Å²) in [6, 6.07) is 0. The summed E-state index contributed by atoms with van der Waals surface area (Å²) < 4.78 is 11.3. The molecule has 27 heavy (non-hydrogen) atoms. The van der Waals surface area contributed by atoms with E-state index in [0.717, 1.165) is 58.9 Å². The number of nitrogens with one attached hydrogen (secondary N) is 2. The van der Waals surface area contributed by atoms with Gasteiger partial charge >= 0.3 is 0 Å². The third-order valence-electron chi connectivity index (χ3n) is 6.12. The molecule has 0 aromatic carbocycles. The van der Waals surface area contributed by atoms with E-state index in [1.807, 2.05) is 0 Å². The molecule has 3 aliphatic rings. The fraction of sp³-hybridized carbons (Fsp3) is 1.00. The van der Waals surface area contributed by atoms with Crippen LogP contribution in [-0.4, -0.2) is 106 Å². The number of rotatable bonds is 10. The first-order valence-corrected chi connectivity index (χ1v) is 10.7. The van der Waals surface area contributed by atoms with Crippen LogP contribution in [0.15, 0.2) is 0 Å². The summed E-state index contributed by atoms with van der Waals surface area (Å²) in [5.41, 5.74) is 6.57. The predicted molar refractivity (Wildman–Crippen MR) is 107 cm³/mol. The SMILES string of the molecule is CCCCNC1N(C)CC(C2OC2NCCCN2CCOCC2)C(N)N1C. The van der Waals surface area contributed by atoms with Crippen molar-refractivity contribution in [2.75, 3.05) is 66.6 Å². The molecule has 3 fully saturated rings. The fourth-order valence-electron chi connectivity index (χ4n) is 4.31. The van der Waals surface area contributed by atoms with Crippen molar-refractivity contribution in [2.24, 2.45) is 11.7 Å². The standard InChI is InChI=1S/C19H40N6O2/c1-4-5-7-22-19-23(2)14-15(17(20)24(19)3)16-18(27-16)21-8-6-9-25-10-12-26-13-11-25/h15-19,21-22H,4-14,20H2,1-3H3. The Hall–Kier alpha value is -0.320. The second-order valence-corrected chi connectivity index (χ2v) is 8.22. The highest BCUT2D eigenvalue weighted by atomic mass is 16.6. The molecule has 0 amide bonds. The second kappa shape index (κ2) is 10.5. The van der Waals surface area contributed by atoms with Gasteiger partial charge in [0.25, 0.3) is 0 Å². The first-order chi connectivity index (χ1) is 13.1. The lowest BCUT2D eigenvalue weighted by molar-refractivity contribution is -0.0579. The molecule has 3 heterocycles. The van der Waals surface area contributed by atoms with E-state index in [0.29, 0.717) is 5.92 Å². The van der Waals surface area contributed by atoms with Crippen LogP contribution in [0, 0.1) is 5.92 Å². The van der Waals surface area contributed by atoms with Gasteiger partial charge in [-0.15, -0.1) is 0 Å². The molecule has 158 valence electrons. The van der Waals surface area contributed by atoms with E-state index >= 15 is 0 Å². The molecule has 3 rings (SSSR count). The Labute approximate surface area is 164 Å². The number of morpholine rings is 1. The van der Waals surface area contributed by atoms with Gasteiger partial charge in [0.1, 0.15) is 18.6 Å². The monoisotopic (exact) mass is 384 g/mol. The molecule has 0 saturated carbocycles. The molecule has 8 nitrogen and oxygen atoms in total. The Bertz CT molecular complexity index is 436. The van der Waals surface area contributed by atoms with Gasteiger partial charge in [0.15, 0.2) is 0 Å². The Morgan fingerprint density at radius 1 is 1.07 bits per heavy atom. The van der Waals surface area contributed by atoms with Crippen LogP contribution in [0.5, 0.6) is 0 Å². The maximum absolute atomic E-state index is 6.57. The highest BCUT2D eigenvalue weighted by Gasteiger charge is 2.51. The predicted octanol–water partition coefficient (Wildman–Crippen LogP) is -0.525. The number of hydrogen-bond acceptors (Lipinski definition) is 8. The number of ether oxygens (including phenoxy) is 2. The van der Waals surface area contributed by atoms with E-state index < -0.39 is 0 Å². The molecule has 0 aliphatic carbocycles. The first kappa shape index (κ1) is 21.4. The number of nitrogens with two attached hydrogens (primary N) is 1. The second-order valence-electron chi connectivity index (χ2n) is 8.22. The molecule has 3 aliphatic heterocycles. The van der Waals surface area contributed by atoms with Gasteiger partial charge in [0, 0.05) is 25.6 Å². The lowest BCUT2D eigenvalue weighted by atomic mass is 9.97. The minimum Gasteiger partial charge on any atom is -0.379 e. The van der Waals surface area contributed by atoms with Gasteiger partial charge in [-0.3, -0.25) is 25.3 Å². The molecular formula is C19H40N6O2. The maximum Gasteiger partial charge on any atom is 0.135 e. The maximum atomic E-state index is 6.57. The van der Waals surface area contributed by atoms with Crippen LogP contribution in [0.25, 0.3) is 0 Å². The van der Waals surface area contributed by atoms with Crippen LogP contribution < -0.4 is 16.4 Å². The average Bonchev–Trinajstić information content (AvgIpc) is 3.45. The van der Waals surface area contributed by atoms with Crippen molar-refractivity contribution in [3.63, 3.8) is 0 Å². The van der Waals surface area contributed by atoms with Crippen LogP contribution in [0.3, 0.4) is 0 Å². The van der Waals surface area contributed by atoms with Gasteiger partial charge in [0.2, 0.25) is 0 Å². The summed E-state index contributed by atoms with van der Waals surface area (Å²) in [6.45, 7) is 10.2. The van der Waals surface area contributed by atoms with Crippen molar-refractivity contribution < 1.29 is 9.47 Å².